The Morgan fingerprint density at radius 3 is 2.47 bits per heavy atom. The first-order valence-corrected chi connectivity index (χ1v) is 4.94. The summed E-state index contributed by atoms with van der Waals surface area (Å²) in [5.74, 6) is 0.509. The van der Waals surface area contributed by atoms with Crippen LogP contribution in [0.15, 0.2) is 24.3 Å². The maximum atomic E-state index is 10.6. The minimum Gasteiger partial charge on any atom is -0.490 e. The zero-order chi connectivity index (χ0) is 11.3. The van der Waals surface area contributed by atoms with Gasteiger partial charge in [0.15, 0.2) is 0 Å². The molecule has 1 rings (SSSR count). The highest BCUT2D eigenvalue weighted by Crippen LogP contribution is 2.11. The zero-order valence-corrected chi connectivity index (χ0v) is 9.32. The summed E-state index contributed by atoms with van der Waals surface area (Å²) < 4.78 is 10.4. The smallest absolute Gasteiger partial charge is 0.303 e. The van der Waals surface area contributed by atoms with Crippen LogP contribution in [-0.2, 0) is 9.53 Å². The summed E-state index contributed by atoms with van der Waals surface area (Å²) in [5.41, 5.74) is 1.19. The van der Waals surface area contributed by atoms with Crippen LogP contribution >= 0.6 is 0 Å². The van der Waals surface area contributed by atoms with E-state index in [1.54, 1.807) is 6.92 Å². The minimum absolute atomic E-state index is 0.219. The summed E-state index contributed by atoms with van der Waals surface area (Å²) in [7, 11) is 0. The fourth-order valence-electron chi connectivity index (χ4n) is 1.17. The van der Waals surface area contributed by atoms with E-state index in [1.807, 2.05) is 31.2 Å². The third-order valence-corrected chi connectivity index (χ3v) is 1.87. The number of ether oxygens (including phenoxy) is 2. The molecule has 0 aliphatic rings. The maximum absolute atomic E-state index is 10.6. The van der Waals surface area contributed by atoms with Crippen molar-refractivity contribution in [1.82, 2.24) is 0 Å². The molecule has 0 bridgehead atoms. The largest absolute Gasteiger partial charge is 0.490 e. The van der Waals surface area contributed by atoms with Crippen molar-refractivity contribution in [3.05, 3.63) is 29.8 Å². The van der Waals surface area contributed by atoms with Gasteiger partial charge in [-0.2, -0.15) is 0 Å². The second kappa shape index (κ2) is 5.39. The SMILES string of the molecule is CC(=O)OC(C)COc1ccc(C)cc1. The minimum atomic E-state index is -0.282. The van der Waals surface area contributed by atoms with Gasteiger partial charge in [0.05, 0.1) is 0 Å². The monoisotopic (exact) mass is 208 g/mol. The lowest BCUT2D eigenvalue weighted by molar-refractivity contribution is -0.146. The van der Waals surface area contributed by atoms with Gasteiger partial charge in [0.1, 0.15) is 18.5 Å². The van der Waals surface area contributed by atoms with E-state index in [9.17, 15) is 4.79 Å². The second-order valence-electron chi connectivity index (χ2n) is 3.54. The van der Waals surface area contributed by atoms with Crippen LogP contribution in [0.2, 0.25) is 0 Å². The number of carbonyl (C=O) groups is 1. The van der Waals surface area contributed by atoms with Gasteiger partial charge in [-0.25, -0.2) is 0 Å². The molecule has 0 amide bonds. The van der Waals surface area contributed by atoms with Gasteiger partial charge in [-0.05, 0) is 26.0 Å². The van der Waals surface area contributed by atoms with Crippen LogP contribution in [0.3, 0.4) is 0 Å². The highest BCUT2D eigenvalue weighted by atomic mass is 16.6. The van der Waals surface area contributed by atoms with Crippen molar-refractivity contribution >= 4 is 5.97 Å². The molecule has 0 aliphatic carbocycles. The maximum Gasteiger partial charge on any atom is 0.303 e. The van der Waals surface area contributed by atoms with Crippen molar-refractivity contribution in [2.24, 2.45) is 0 Å². The molecule has 0 spiro atoms. The summed E-state index contributed by atoms with van der Waals surface area (Å²) in [6.45, 7) is 5.59. The molecule has 3 nitrogen and oxygen atoms in total. The van der Waals surface area contributed by atoms with Gasteiger partial charge in [-0.15, -0.1) is 0 Å². The second-order valence-corrected chi connectivity index (χ2v) is 3.54. The number of aryl methyl sites for hydroxylation is 1. The molecule has 0 aromatic heterocycles. The van der Waals surface area contributed by atoms with E-state index in [2.05, 4.69) is 0 Å². The fourth-order valence-corrected chi connectivity index (χ4v) is 1.17. The summed E-state index contributed by atoms with van der Waals surface area (Å²) in [6, 6.07) is 7.75. The van der Waals surface area contributed by atoms with Crippen molar-refractivity contribution in [2.75, 3.05) is 6.61 Å². The number of hydrogen-bond acceptors (Lipinski definition) is 3. The molecule has 0 aliphatic heterocycles. The van der Waals surface area contributed by atoms with Gasteiger partial charge < -0.3 is 9.47 Å². The highest BCUT2D eigenvalue weighted by molar-refractivity contribution is 5.66. The molecule has 15 heavy (non-hydrogen) atoms. The Morgan fingerprint density at radius 1 is 1.33 bits per heavy atom. The third-order valence-electron chi connectivity index (χ3n) is 1.87. The van der Waals surface area contributed by atoms with Crippen LogP contribution in [0.25, 0.3) is 0 Å². The Hall–Kier alpha value is -1.51. The number of benzene rings is 1. The first kappa shape index (κ1) is 11.6. The molecular formula is C12H16O3. The van der Waals surface area contributed by atoms with Crippen LogP contribution in [0.5, 0.6) is 5.75 Å². The van der Waals surface area contributed by atoms with E-state index in [4.69, 9.17) is 9.47 Å². The number of esters is 1. The lowest BCUT2D eigenvalue weighted by Gasteiger charge is -2.13. The quantitative estimate of drug-likeness (QED) is 0.712. The van der Waals surface area contributed by atoms with Crippen LogP contribution in [0.1, 0.15) is 19.4 Å². The Balaban J connectivity index is 2.36. The summed E-state index contributed by atoms with van der Waals surface area (Å²) >= 11 is 0. The van der Waals surface area contributed by atoms with Gasteiger partial charge in [0.25, 0.3) is 0 Å². The molecule has 0 N–H and O–H groups in total. The molecule has 1 unspecified atom stereocenters. The molecule has 0 radical (unpaired) electrons. The van der Waals surface area contributed by atoms with E-state index < -0.39 is 0 Å². The molecule has 0 heterocycles. The number of hydrogen-bond donors (Lipinski definition) is 0. The van der Waals surface area contributed by atoms with Crippen molar-refractivity contribution in [2.45, 2.75) is 26.9 Å². The van der Waals surface area contributed by atoms with E-state index in [-0.39, 0.29) is 12.1 Å². The Bertz CT molecular complexity index is 316. The predicted octanol–water partition coefficient (Wildman–Crippen LogP) is 2.33. The molecule has 82 valence electrons. The Labute approximate surface area is 90.0 Å². The Morgan fingerprint density at radius 2 is 1.93 bits per heavy atom. The summed E-state index contributed by atoms with van der Waals surface area (Å²) in [5, 5.41) is 0. The van der Waals surface area contributed by atoms with Gasteiger partial charge in [0, 0.05) is 6.92 Å². The van der Waals surface area contributed by atoms with Crippen LogP contribution < -0.4 is 4.74 Å². The molecule has 1 atom stereocenters. The van der Waals surface area contributed by atoms with Gasteiger partial charge in [-0.3, -0.25) is 4.79 Å². The van der Waals surface area contributed by atoms with E-state index in [1.165, 1.54) is 12.5 Å². The lowest BCUT2D eigenvalue weighted by atomic mass is 10.2. The molecule has 0 saturated carbocycles. The molecule has 1 aromatic rings. The van der Waals surface area contributed by atoms with E-state index >= 15 is 0 Å². The summed E-state index contributed by atoms with van der Waals surface area (Å²) in [6.07, 6.45) is -0.219. The molecular weight excluding hydrogens is 192 g/mol. The normalized spacial score (nSPS) is 11.9. The predicted molar refractivity (Wildman–Crippen MR) is 57.9 cm³/mol. The van der Waals surface area contributed by atoms with Crippen molar-refractivity contribution in [3.8, 4) is 5.75 Å². The number of rotatable bonds is 4. The molecule has 1 aromatic carbocycles. The number of carbonyl (C=O) groups excluding carboxylic acids is 1. The van der Waals surface area contributed by atoms with Crippen molar-refractivity contribution < 1.29 is 14.3 Å². The Kier molecular flexibility index (Phi) is 4.16. The van der Waals surface area contributed by atoms with Crippen LogP contribution in [-0.4, -0.2) is 18.7 Å². The van der Waals surface area contributed by atoms with Gasteiger partial charge in [0.2, 0.25) is 0 Å². The fraction of sp³-hybridized carbons (Fsp3) is 0.417. The van der Waals surface area contributed by atoms with Crippen LogP contribution in [0, 0.1) is 6.92 Å². The topological polar surface area (TPSA) is 35.5 Å². The lowest BCUT2D eigenvalue weighted by Crippen LogP contribution is -2.20. The first-order valence-electron chi connectivity index (χ1n) is 4.94. The standard InChI is InChI=1S/C12H16O3/c1-9-4-6-12(7-5-9)14-8-10(2)15-11(3)13/h4-7,10H,8H2,1-3H3. The molecule has 3 heteroatoms. The molecule has 0 fully saturated rings. The van der Waals surface area contributed by atoms with Crippen LogP contribution in [0.4, 0.5) is 0 Å². The van der Waals surface area contributed by atoms with E-state index in [0.717, 1.165) is 5.75 Å². The summed E-state index contributed by atoms with van der Waals surface area (Å²) in [4.78, 5) is 10.6. The molecule has 0 saturated heterocycles. The van der Waals surface area contributed by atoms with E-state index in [0.29, 0.717) is 6.61 Å². The average Bonchev–Trinajstić information content (AvgIpc) is 2.16. The van der Waals surface area contributed by atoms with Crippen molar-refractivity contribution in [3.63, 3.8) is 0 Å². The van der Waals surface area contributed by atoms with Crippen molar-refractivity contribution in [1.29, 1.82) is 0 Å². The first-order chi connectivity index (χ1) is 7.08. The van der Waals surface area contributed by atoms with Gasteiger partial charge >= 0.3 is 5.97 Å². The van der Waals surface area contributed by atoms with Gasteiger partial charge in [-0.1, -0.05) is 17.7 Å². The third kappa shape index (κ3) is 4.49. The average molecular weight is 208 g/mol. The highest BCUT2D eigenvalue weighted by Gasteiger charge is 2.05. The zero-order valence-electron chi connectivity index (χ0n) is 9.32.